The Balaban J connectivity index is 1.97. The number of carbonyl (C=O) groups excluding carboxylic acids is 1. The molecule has 0 aliphatic rings. The third kappa shape index (κ3) is 4.05. The van der Waals surface area contributed by atoms with Crippen LogP contribution in [0.25, 0.3) is 0 Å². The lowest BCUT2D eigenvalue weighted by molar-refractivity contribution is -0.118. The number of carbonyl (C=O) groups is 1. The highest BCUT2D eigenvalue weighted by Crippen LogP contribution is 2.21. The van der Waals surface area contributed by atoms with E-state index >= 15 is 0 Å². The molecule has 110 valence electrons. The maximum absolute atomic E-state index is 12.0. The minimum absolute atomic E-state index is 0.0528. The van der Waals surface area contributed by atoms with Crippen LogP contribution >= 0.6 is 0 Å². The van der Waals surface area contributed by atoms with Gasteiger partial charge in [-0.3, -0.25) is 4.79 Å². The summed E-state index contributed by atoms with van der Waals surface area (Å²) in [6, 6.07) is 7.75. The van der Waals surface area contributed by atoms with Gasteiger partial charge in [-0.1, -0.05) is 23.8 Å². The molecule has 2 rings (SSSR count). The van der Waals surface area contributed by atoms with E-state index in [2.05, 4.69) is 10.3 Å². The number of anilines is 1. The van der Waals surface area contributed by atoms with E-state index in [0.717, 1.165) is 22.4 Å². The highest BCUT2D eigenvalue weighted by atomic mass is 16.5. The Morgan fingerprint density at radius 1 is 1.10 bits per heavy atom. The Hall–Kier alpha value is -2.36. The summed E-state index contributed by atoms with van der Waals surface area (Å²) in [6.07, 6.45) is 1.71. The van der Waals surface area contributed by atoms with E-state index in [1.807, 2.05) is 45.9 Å². The molecule has 0 radical (unpaired) electrons. The maximum atomic E-state index is 12.0. The summed E-state index contributed by atoms with van der Waals surface area (Å²) in [7, 11) is 0. The van der Waals surface area contributed by atoms with Crippen molar-refractivity contribution in [3.63, 3.8) is 0 Å². The number of ether oxygens (including phenoxy) is 1. The smallest absolute Gasteiger partial charge is 0.262 e. The Kier molecular flexibility index (Phi) is 4.58. The second-order valence-corrected chi connectivity index (χ2v) is 5.28. The molecule has 1 heterocycles. The number of hydrogen-bond donors (Lipinski definition) is 1. The molecular weight excluding hydrogens is 264 g/mol. The first-order valence-corrected chi connectivity index (χ1v) is 6.89. The van der Waals surface area contributed by atoms with Crippen LogP contribution in [-0.4, -0.2) is 17.5 Å². The van der Waals surface area contributed by atoms with Crippen LogP contribution in [0.4, 0.5) is 5.69 Å². The van der Waals surface area contributed by atoms with Crippen LogP contribution in [-0.2, 0) is 4.79 Å². The Morgan fingerprint density at radius 2 is 1.76 bits per heavy atom. The van der Waals surface area contributed by atoms with E-state index < -0.39 is 0 Å². The average molecular weight is 284 g/mol. The molecule has 2 aromatic rings. The van der Waals surface area contributed by atoms with Crippen LogP contribution in [0.3, 0.4) is 0 Å². The Morgan fingerprint density at radius 3 is 2.33 bits per heavy atom. The summed E-state index contributed by atoms with van der Waals surface area (Å²) in [4.78, 5) is 16.1. The molecule has 0 fully saturated rings. The van der Waals surface area contributed by atoms with Crippen molar-refractivity contribution in [3.05, 3.63) is 52.7 Å². The van der Waals surface area contributed by atoms with Crippen molar-refractivity contribution in [1.82, 2.24) is 4.98 Å². The molecule has 0 unspecified atom stereocenters. The van der Waals surface area contributed by atoms with Gasteiger partial charge in [0.15, 0.2) is 6.61 Å². The van der Waals surface area contributed by atoms with Crippen molar-refractivity contribution in [3.8, 4) is 5.88 Å². The highest BCUT2D eigenvalue weighted by molar-refractivity contribution is 5.93. The summed E-state index contributed by atoms with van der Waals surface area (Å²) in [5.74, 6) is 0.264. The molecular formula is C17H20N2O2. The van der Waals surface area contributed by atoms with Crippen LogP contribution in [0.2, 0.25) is 0 Å². The minimum atomic E-state index is -0.188. The van der Waals surface area contributed by atoms with Crippen molar-refractivity contribution < 1.29 is 9.53 Å². The standard InChI is InChI=1S/C17H20N2O2/c1-11-5-6-16(18-9-11)21-10-15(20)19-17-13(3)7-12(2)8-14(17)4/h5-9H,10H2,1-4H3,(H,19,20). The Labute approximate surface area is 125 Å². The third-order valence-corrected chi connectivity index (χ3v) is 3.18. The first-order valence-electron chi connectivity index (χ1n) is 6.89. The minimum Gasteiger partial charge on any atom is -0.468 e. The molecule has 0 saturated carbocycles. The maximum Gasteiger partial charge on any atom is 0.262 e. The first kappa shape index (κ1) is 15.0. The number of pyridine rings is 1. The van der Waals surface area contributed by atoms with Crippen molar-refractivity contribution in [2.75, 3.05) is 11.9 Å². The fourth-order valence-electron chi connectivity index (χ4n) is 2.23. The summed E-state index contributed by atoms with van der Waals surface area (Å²) < 4.78 is 5.38. The second kappa shape index (κ2) is 6.39. The molecule has 1 amide bonds. The lowest BCUT2D eigenvalue weighted by Gasteiger charge is -2.13. The predicted octanol–water partition coefficient (Wildman–Crippen LogP) is 3.33. The molecule has 0 spiro atoms. The second-order valence-electron chi connectivity index (χ2n) is 5.28. The summed E-state index contributed by atoms with van der Waals surface area (Å²) in [5.41, 5.74) is 5.19. The van der Waals surface area contributed by atoms with Gasteiger partial charge in [0.05, 0.1) is 0 Å². The van der Waals surface area contributed by atoms with Crippen LogP contribution in [0.5, 0.6) is 5.88 Å². The molecule has 0 aliphatic carbocycles. The predicted molar refractivity (Wildman–Crippen MR) is 83.8 cm³/mol. The lowest BCUT2D eigenvalue weighted by atomic mass is 10.1. The number of hydrogen-bond acceptors (Lipinski definition) is 3. The molecule has 0 atom stereocenters. The van der Waals surface area contributed by atoms with Gasteiger partial charge in [-0.2, -0.15) is 0 Å². The van der Waals surface area contributed by atoms with Gasteiger partial charge in [0, 0.05) is 18.0 Å². The zero-order valence-corrected chi connectivity index (χ0v) is 12.9. The van der Waals surface area contributed by atoms with Gasteiger partial charge in [-0.25, -0.2) is 4.98 Å². The van der Waals surface area contributed by atoms with Crippen molar-refractivity contribution >= 4 is 11.6 Å². The molecule has 4 nitrogen and oxygen atoms in total. The number of nitrogens with zero attached hydrogens (tertiary/aromatic N) is 1. The number of rotatable bonds is 4. The fourth-order valence-corrected chi connectivity index (χ4v) is 2.23. The molecule has 1 N–H and O–H groups in total. The van der Waals surface area contributed by atoms with Crippen molar-refractivity contribution in [2.24, 2.45) is 0 Å². The van der Waals surface area contributed by atoms with Crippen molar-refractivity contribution in [1.29, 1.82) is 0 Å². The molecule has 1 aromatic heterocycles. The van der Waals surface area contributed by atoms with Crippen LogP contribution in [0.15, 0.2) is 30.5 Å². The van der Waals surface area contributed by atoms with Gasteiger partial charge < -0.3 is 10.1 Å². The molecule has 1 aromatic carbocycles. The monoisotopic (exact) mass is 284 g/mol. The summed E-state index contributed by atoms with van der Waals surface area (Å²) >= 11 is 0. The van der Waals surface area contributed by atoms with Gasteiger partial charge in [-0.05, 0) is 44.4 Å². The molecule has 21 heavy (non-hydrogen) atoms. The number of benzene rings is 1. The molecule has 0 aliphatic heterocycles. The normalized spacial score (nSPS) is 10.3. The number of aromatic nitrogens is 1. The quantitative estimate of drug-likeness (QED) is 0.937. The summed E-state index contributed by atoms with van der Waals surface area (Å²) in [5, 5.41) is 2.90. The van der Waals surface area contributed by atoms with E-state index in [1.165, 1.54) is 5.56 Å². The van der Waals surface area contributed by atoms with E-state index in [-0.39, 0.29) is 12.5 Å². The van der Waals surface area contributed by atoms with Crippen LogP contribution in [0.1, 0.15) is 22.3 Å². The van der Waals surface area contributed by atoms with E-state index in [4.69, 9.17) is 4.74 Å². The highest BCUT2D eigenvalue weighted by Gasteiger charge is 2.09. The zero-order valence-electron chi connectivity index (χ0n) is 12.9. The van der Waals surface area contributed by atoms with Gasteiger partial charge in [-0.15, -0.1) is 0 Å². The fraction of sp³-hybridized carbons (Fsp3) is 0.294. The molecule has 0 bridgehead atoms. The molecule has 4 heteroatoms. The van der Waals surface area contributed by atoms with Crippen LogP contribution in [0, 0.1) is 27.7 Å². The Bertz CT molecular complexity index is 625. The average Bonchev–Trinajstić information content (AvgIpc) is 2.42. The van der Waals surface area contributed by atoms with Gasteiger partial charge >= 0.3 is 0 Å². The van der Waals surface area contributed by atoms with E-state index in [0.29, 0.717) is 5.88 Å². The van der Waals surface area contributed by atoms with Gasteiger partial charge in [0.1, 0.15) is 0 Å². The van der Waals surface area contributed by atoms with E-state index in [9.17, 15) is 4.79 Å². The SMILES string of the molecule is Cc1ccc(OCC(=O)Nc2c(C)cc(C)cc2C)nc1. The first-order chi connectivity index (χ1) is 9.95. The number of nitrogens with one attached hydrogen (secondary N) is 1. The number of aryl methyl sites for hydroxylation is 4. The lowest BCUT2D eigenvalue weighted by Crippen LogP contribution is -2.21. The van der Waals surface area contributed by atoms with Gasteiger partial charge in [0.2, 0.25) is 5.88 Å². The third-order valence-electron chi connectivity index (χ3n) is 3.18. The van der Waals surface area contributed by atoms with Gasteiger partial charge in [0.25, 0.3) is 5.91 Å². The number of amides is 1. The van der Waals surface area contributed by atoms with Crippen molar-refractivity contribution in [2.45, 2.75) is 27.7 Å². The zero-order chi connectivity index (χ0) is 15.4. The molecule has 0 saturated heterocycles. The largest absolute Gasteiger partial charge is 0.468 e. The van der Waals surface area contributed by atoms with E-state index in [1.54, 1.807) is 12.3 Å². The van der Waals surface area contributed by atoms with Crippen LogP contribution < -0.4 is 10.1 Å². The topological polar surface area (TPSA) is 51.2 Å². The summed E-state index contributed by atoms with van der Waals surface area (Å²) in [6.45, 7) is 7.91.